The van der Waals surface area contributed by atoms with Crippen molar-refractivity contribution in [3.05, 3.63) is 0 Å². The molecule has 0 aliphatic rings. The number of rotatable bonds is 3. The van der Waals surface area contributed by atoms with Crippen LogP contribution in [-0.2, 0) is 0 Å². The molecule has 57 valence electrons. The van der Waals surface area contributed by atoms with Crippen LogP contribution < -0.4 is 0 Å². The Bertz CT molecular complexity index is 83.7. The van der Waals surface area contributed by atoms with Crippen LogP contribution in [0.25, 0.3) is 0 Å². The first-order valence-corrected chi connectivity index (χ1v) is 3.35. The van der Waals surface area contributed by atoms with Gasteiger partial charge < -0.3 is 10.0 Å². The molecule has 0 saturated heterocycles. The van der Waals surface area contributed by atoms with Crippen LogP contribution in [-0.4, -0.2) is 65.8 Å². The third kappa shape index (κ3) is 7.03. The van der Waals surface area contributed by atoms with E-state index >= 15 is 0 Å². The second kappa shape index (κ2) is 5.56. The van der Waals surface area contributed by atoms with E-state index in [0.717, 1.165) is 13.0 Å². The average Bonchev–Trinajstić information content (AvgIpc) is 1.63. The molecule has 0 heterocycles. The van der Waals surface area contributed by atoms with Gasteiger partial charge in [0.15, 0.2) is 0 Å². The standard InChI is InChI=1S/C7H17NO.Na/c1-5-7(2,9)6-8(3)4;/h9H,5-6H2,1-4H3;. The molecule has 0 aromatic carbocycles. The van der Waals surface area contributed by atoms with Gasteiger partial charge in [0.25, 0.3) is 0 Å². The molecule has 0 rings (SSSR count). The van der Waals surface area contributed by atoms with E-state index in [9.17, 15) is 5.11 Å². The number of hydrogen-bond acceptors (Lipinski definition) is 2. The van der Waals surface area contributed by atoms with Crippen LogP contribution in [0.5, 0.6) is 0 Å². The Morgan fingerprint density at radius 2 is 1.80 bits per heavy atom. The van der Waals surface area contributed by atoms with Crippen LogP contribution in [0.15, 0.2) is 0 Å². The summed E-state index contributed by atoms with van der Waals surface area (Å²) in [5.74, 6) is 0. The number of nitrogens with zero attached hydrogens (tertiary/aromatic N) is 1. The van der Waals surface area contributed by atoms with Gasteiger partial charge in [-0.2, -0.15) is 0 Å². The van der Waals surface area contributed by atoms with Gasteiger partial charge in [-0.25, -0.2) is 0 Å². The van der Waals surface area contributed by atoms with Crippen molar-refractivity contribution in [2.24, 2.45) is 0 Å². The van der Waals surface area contributed by atoms with Gasteiger partial charge in [-0.1, -0.05) is 6.92 Å². The SMILES string of the molecule is CCC(C)(O)CN(C)C.[Na]. The minimum atomic E-state index is -0.510. The zero-order valence-electron chi connectivity index (χ0n) is 7.81. The predicted octanol–water partition coefficient (Wildman–Crippen LogP) is 0.328. The molecule has 3 heteroatoms. The van der Waals surface area contributed by atoms with E-state index in [1.807, 2.05) is 32.8 Å². The van der Waals surface area contributed by atoms with Crippen molar-refractivity contribution in [3.8, 4) is 0 Å². The fraction of sp³-hybridized carbons (Fsp3) is 1.00. The number of hydrogen-bond donors (Lipinski definition) is 1. The molecule has 0 bridgehead atoms. The zero-order chi connectivity index (χ0) is 7.49. The molecule has 0 fully saturated rings. The van der Waals surface area contributed by atoms with Crippen molar-refractivity contribution >= 4 is 29.6 Å². The summed E-state index contributed by atoms with van der Waals surface area (Å²) < 4.78 is 0. The third-order valence-corrected chi connectivity index (χ3v) is 1.42. The van der Waals surface area contributed by atoms with Crippen LogP contribution in [0.4, 0.5) is 0 Å². The molecule has 2 nitrogen and oxygen atoms in total. The van der Waals surface area contributed by atoms with Gasteiger partial charge in [-0.05, 0) is 27.4 Å². The van der Waals surface area contributed by atoms with E-state index in [1.54, 1.807) is 0 Å². The Labute approximate surface area is 85.9 Å². The van der Waals surface area contributed by atoms with Crippen LogP contribution in [0.1, 0.15) is 20.3 Å². The third-order valence-electron chi connectivity index (χ3n) is 1.42. The Kier molecular flexibility index (Phi) is 7.50. The first-order valence-electron chi connectivity index (χ1n) is 3.35. The van der Waals surface area contributed by atoms with E-state index in [0.29, 0.717) is 0 Å². The molecule has 0 spiro atoms. The smallest absolute Gasteiger partial charge is 0.0743 e. The monoisotopic (exact) mass is 154 g/mol. The first kappa shape index (κ1) is 13.5. The van der Waals surface area contributed by atoms with Crippen LogP contribution in [0.3, 0.4) is 0 Å². The Hall–Kier alpha value is 0.920. The van der Waals surface area contributed by atoms with E-state index < -0.39 is 5.60 Å². The molecule has 10 heavy (non-hydrogen) atoms. The average molecular weight is 154 g/mol. The summed E-state index contributed by atoms with van der Waals surface area (Å²) in [4.78, 5) is 1.99. The maximum atomic E-state index is 9.45. The zero-order valence-corrected chi connectivity index (χ0v) is 9.81. The summed E-state index contributed by atoms with van der Waals surface area (Å²) in [6, 6.07) is 0. The number of aliphatic hydroxyl groups is 1. The Balaban J connectivity index is 0. The van der Waals surface area contributed by atoms with E-state index in [4.69, 9.17) is 0 Å². The molecular formula is C7H17NNaO. The molecule has 1 N–H and O–H groups in total. The van der Waals surface area contributed by atoms with Gasteiger partial charge >= 0.3 is 0 Å². The summed E-state index contributed by atoms with van der Waals surface area (Å²) in [7, 11) is 3.92. The van der Waals surface area contributed by atoms with Gasteiger partial charge in [-0.3, -0.25) is 0 Å². The number of likely N-dealkylation sites (N-methyl/N-ethyl adjacent to an activating group) is 1. The molecule has 0 saturated carbocycles. The largest absolute Gasteiger partial charge is 0.389 e. The van der Waals surface area contributed by atoms with Gasteiger partial charge in [-0.15, -0.1) is 0 Å². The van der Waals surface area contributed by atoms with Crippen LogP contribution in [0, 0.1) is 0 Å². The molecule has 0 aromatic heterocycles. The fourth-order valence-electron chi connectivity index (χ4n) is 0.793. The Morgan fingerprint density at radius 3 is 1.90 bits per heavy atom. The normalized spacial score (nSPS) is 16.2. The minimum Gasteiger partial charge on any atom is -0.389 e. The molecule has 0 aliphatic heterocycles. The second-order valence-corrected chi connectivity index (χ2v) is 3.09. The summed E-state index contributed by atoms with van der Waals surface area (Å²) in [6.07, 6.45) is 0.811. The molecular weight excluding hydrogens is 137 g/mol. The topological polar surface area (TPSA) is 23.5 Å². The Morgan fingerprint density at radius 1 is 1.40 bits per heavy atom. The van der Waals surface area contributed by atoms with Crippen molar-refractivity contribution in [1.29, 1.82) is 0 Å². The van der Waals surface area contributed by atoms with Gasteiger partial charge in [0.1, 0.15) is 0 Å². The second-order valence-electron chi connectivity index (χ2n) is 3.09. The van der Waals surface area contributed by atoms with E-state index in [2.05, 4.69) is 0 Å². The summed E-state index contributed by atoms with van der Waals surface area (Å²) in [5.41, 5.74) is -0.510. The van der Waals surface area contributed by atoms with Gasteiger partial charge in [0, 0.05) is 36.1 Å². The van der Waals surface area contributed by atoms with E-state index in [1.165, 1.54) is 0 Å². The van der Waals surface area contributed by atoms with Crippen molar-refractivity contribution < 1.29 is 5.11 Å². The van der Waals surface area contributed by atoms with Gasteiger partial charge in [0.05, 0.1) is 5.60 Å². The molecule has 1 radical (unpaired) electrons. The predicted molar refractivity (Wildman–Crippen MR) is 45.2 cm³/mol. The maximum Gasteiger partial charge on any atom is 0.0743 e. The molecule has 1 atom stereocenters. The molecule has 0 amide bonds. The maximum absolute atomic E-state index is 9.45. The van der Waals surface area contributed by atoms with Gasteiger partial charge in [0.2, 0.25) is 0 Å². The van der Waals surface area contributed by atoms with E-state index in [-0.39, 0.29) is 29.6 Å². The summed E-state index contributed by atoms with van der Waals surface area (Å²) in [5, 5.41) is 9.45. The van der Waals surface area contributed by atoms with Crippen molar-refractivity contribution in [2.45, 2.75) is 25.9 Å². The first-order chi connectivity index (χ1) is 3.98. The summed E-state index contributed by atoms with van der Waals surface area (Å²) in [6.45, 7) is 4.58. The molecule has 0 aliphatic carbocycles. The van der Waals surface area contributed by atoms with Crippen molar-refractivity contribution in [1.82, 2.24) is 4.90 Å². The van der Waals surface area contributed by atoms with Crippen LogP contribution in [0.2, 0.25) is 0 Å². The minimum absolute atomic E-state index is 0. The fourth-order valence-corrected chi connectivity index (χ4v) is 0.793. The van der Waals surface area contributed by atoms with Crippen LogP contribution >= 0.6 is 0 Å². The molecule has 1 unspecified atom stereocenters. The van der Waals surface area contributed by atoms with Crippen molar-refractivity contribution in [2.75, 3.05) is 20.6 Å². The van der Waals surface area contributed by atoms with Crippen molar-refractivity contribution in [3.63, 3.8) is 0 Å². The summed E-state index contributed by atoms with van der Waals surface area (Å²) >= 11 is 0. The quantitative estimate of drug-likeness (QED) is 0.592. The molecule has 0 aromatic rings.